The Morgan fingerprint density at radius 3 is 2.72 bits per heavy atom. The highest BCUT2D eigenvalue weighted by atomic mass is 16.3. The molecule has 0 amide bonds. The number of nitrogen functional groups attached to an aromatic ring is 1. The minimum Gasteiger partial charge on any atom is -0.448 e. The van der Waals surface area contributed by atoms with E-state index in [0.29, 0.717) is 12.1 Å². The van der Waals surface area contributed by atoms with Crippen molar-refractivity contribution in [3.63, 3.8) is 0 Å². The number of nitrogens with two attached hydrogens (primary N) is 1. The van der Waals surface area contributed by atoms with Crippen LogP contribution < -0.4 is 10.6 Å². The average Bonchev–Trinajstić information content (AvgIpc) is 2.81. The largest absolute Gasteiger partial charge is 0.448 e. The van der Waals surface area contributed by atoms with Gasteiger partial charge in [0.15, 0.2) is 5.88 Å². The fourth-order valence-corrected chi connectivity index (χ4v) is 1.90. The summed E-state index contributed by atoms with van der Waals surface area (Å²) < 4.78 is 5.46. The maximum Gasteiger partial charge on any atom is 0.195 e. The van der Waals surface area contributed by atoms with Crippen molar-refractivity contribution < 1.29 is 9.52 Å². The van der Waals surface area contributed by atoms with Crippen LogP contribution in [-0.4, -0.2) is 25.8 Å². The van der Waals surface area contributed by atoms with Crippen LogP contribution in [0.2, 0.25) is 0 Å². The van der Waals surface area contributed by atoms with Gasteiger partial charge in [0.05, 0.1) is 0 Å². The molecule has 0 aliphatic rings. The minimum atomic E-state index is 0.0992. The van der Waals surface area contributed by atoms with Crippen LogP contribution in [0.4, 0.5) is 11.6 Å². The summed E-state index contributed by atoms with van der Waals surface area (Å²) in [6.45, 7) is 0.0992. The summed E-state index contributed by atoms with van der Waals surface area (Å²) in [6.07, 6.45) is 2.27. The number of rotatable bonds is 4. The molecule has 0 radical (unpaired) electrons. The lowest BCUT2D eigenvalue weighted by molar-refractivity contribution is 0.300. The molecule has 0 saturated carbocycles. The molecule has 1 heterocycles. The van der Waals surface area contributed by atoms with E-state index in [1.165, 1.54) is 0 Å². The molecule has 0 fully saturated rings. The van der Waals surface area contributed by atoms with Gasteiger partial charge in [0.1, 0.15) is 6.26 Å². The predicted octanol–water partition coefficient (Wildman–Crippen LogP) is 2.13. The van der Waals surface area contributed by atoms with Crippen molar-refractivity contribution in [2.45, 2.75) is 6.42 Å². The van der Waals surface area contributed by atoms with Crippen molar-refractivity contribution in [2.75, 3.05) is 31.3 Å². The number of furan rings is 1. The summed E-state index contributed by atoms with van der Waals surface area (Å²) in [7, 11) is 3.85. The fourth-order valence-electron chi connectivity index (χ4n) is 1.90. The van der Waals surface area contributed by atoms with Crippen molar-refractivity contribution in [2.24, 2.45) is 0 Å². The molecule has 2 aromatic rings. The van der Waals surface area contributed by atoms with Crippen LogP contribution >= 0.6 is 0 Å². The van der Waals surface area contributed by atoms with Crippen molar-refractivity contribution >= 4 is 11.6 Å². The molecule has 4 nitrogen and oxygen atoms in total. The second kappa shape index (κ2) is 5.14. The third-order valence-corrected chi connectivity index (χ3v) is 2.91. The van der Waals surface area contributed by atoms with E-state index in [9.17, 15) is 0 Å². The Hall–Kier alpha value is -1.94. The van der Waals surface area contributed by atoms with E-state index in [4.69, 9.17) is 15.3 Å². The SMILES string of the molecule is CN(C)c1cc(-c2cccc(CCO)c2N)co1. The van der Waals surface area contributed by atoms with E-state index in [1.54, 1.807) is 6.26 Å². The normalized spacial score (nSPS) is 10.6. The zero-order chi connectivity index (χ0) is 13.1. The fraction of sp³-hybridized carbons (Fsp3) is 0.286. The summed E-state index contributed by atoms with van der Waals surface area (Å²) in [5, 5.41) is 9.00. The smallest absolute Gasteiger partial charge is 0.195 e. The third-order valence-electron chi connectivity index (χ3n) is 2.91. The Labute approximate surface area is 107 Å². The van der Waals surface area contributed by atoms with E-state index in [2.05, 4.69) is 0 Å². The first-order valence-corrected chi connectivity index (χ1v) is 5.88. The zero-order valence-electron chi connectivity index (χ0n) is 10.7. The van der Waals surface area contributed by atoms with Gasteiger partial charge in [0.2, 0.25) is 0 Å². The lowest BCUT2D eigenvalue weighted by Gasteiger charge is -2.08. The molecule has 2 rings (SSSR count). The van der Waals surface area contributed by atoms with Crippen molar-refractivity contribution in [3.05, 3.63) is 36.1 Å². The Morgan fingerprint density at radius 1 is 1.33 bits per heavy atom. The Bertz CT molecular complexity index is 532. The van der Waals surface area contributed by atoms with Gasteiger partial charge in [0, 0.05) is 43.6 Å². The van der Waals surface area contributed by atoms with Crippen LogP contribution in [0.15, 0.2) is 34.9 Å². The van der Waals surface area contributed by atoms with E-state index in [0.717, 1.165) is 22.6 Å². The predicted molar refractivity (Wildman–Crippen MR) is 73.7 cm³/mol. The van der Waals surface area contributed by atoms with Gasteiger partial charge in [-0.3, -0.25) is 0 Å². The summed E-state index contributed by atoms with van der Waals surface area (Å²) in [5.41, 5.74) is 9.68. The van der Waals surface area contributed by atoms with Gasteiger partial charge in [-0.05, 0) is 12.0 Å². The van der Waals surface area contributed by atoms with Gasteiger partial charge in [0.25, 0.3) is 0 Å². The molecule has 0 bridgehead atoms. The molecule has 1 aromatic heterocycles. The topological polar surface area (TPSA) is 62.6 Å². The average molecular weight is 246 g/mol. The Balaban J connectivity index is 2.40. The Kier molecular flexibility index (Phi) is 3.58. The molecule has 0 unspecified atom stereocenters. The third kappa shape index (κ3) is 2.33. The van der Waals surface area contributed by atoms with Gasteiger partial charge in [-0.1, -0.05) is 18.2 Å². The quantitative estimate of drug-likeness (QED) is 0.811. The molecule has 4 heteroatoms. The monoisotopic (exact) mass is 246 g/mol. The number of aliphatic hydroxyl groups is 1. The lowest BCUT2D eigenvalue weighted by Crippen LogP contribution is -2.06. The number of anilines is 2. The van der Waals surface area contributed by atoms with Crippen molar-refractivity contribution in [1.29, 1.82) is 0 Å². The van der Waals surface area contributed by atoms with Gasteiger partial charge < -0.3 is 20.2 Å². The van der Waals surface area contributed by atoms with Crippen LogP contribution in [-0.2, 0) is 6.42 Å². The second-order valence-electron chi connectivity index (χ2n) is 4.42. The number of hydrogen-bond donors (Lipinski definition) is 2. The molecule has 3 N–H and O–H groups in total. The second-order valence-corrected chi connectivity index (χ2v) is 4.42. The van der Waals surface area contributed by atoms with Crippen LogP contribution in [0.1, 0.15) is 5.56 Å². The van der Waals surface area contributed by atoms with E-state index in [-0.39, 0.29) is 6.61 Å². The molecule has 0 atom stereocenters. The molecule has 0 saturated heterocycles. The molecular formula is C14H18N2O2. The van der Waals surface area contributed by atoms with E-state index >= 15 is 0 Å². The molecule has 1 aromatic carbocycles. The van der Waals surface area contributed by atoms with E-state index < -0.39 is 0 Å². The zero-order valence-corrected chi connectivity index (χ0v) is 10.7. The maximum absolute atomic E-state index is 9.00. The van der Waals surface area contributed by atoms with Crippen LogP contribution in [0.3, 0.4) is 0 Å². The number of para-hydroxylation sites is 1. The molecule has 0 spiro atoms. The van der Waals surface area contributed by atoms with Crippen LogP contribution in [0.5, 0.6) is 0 Å². The molecule has 0 aliphatic heterocycles. The highest BCUT2D eigenvalue weighted by molar-refractivity contribution is 5.79. The van der Waals surface area contributed by atoms with Crippen molar-refractivity contribution in [1.82, 2.24) is 0 Å². The standard InChI is InChI=1S/C14H18N2O2/c1-16(2)13-8-11(9-18-13)12-5-3-4-10(6-7-17)14(12)15/h3-5,8-9,17H,6-7,15H2,1-2H3. The number of nitrogens with zero attached hydrogens (tertiary/aromatic N) is 1. The summed E-state index contributed by atoms with van der Waals surface area (Å²) in [6, 6.07) is 7.79. The van der Waals surface area contributed by atoms with Crippen LogP contribution in [0.25, 0.3) is 11.1 Å². The number of aliphatic hydroxyl groups excluding tert-OH is 1. The van der Waals surface area contributed by atoms with Gasteiger partial charge in [-0.15, -0.1) is 0 Å². The van der Waals surface area contributed by atoms with Gasteiger partial charge >= 0.3 is 0 Å². The summed E-state index contributed by atoms with van der Waals surface area (Å²) in [4.78, 5) is 1.90. The first-order valence-electron chi connectivity index (χ1n) is 5.88. The summed E-state index contributed by atoms with van der Waals surface area (Å²) in [5.74, 6) is 0.789. The first kappa shape index (κ1) is 12.5. The van der Waals surface area contributed by atoms with Crippen LogP contribution in [0, 0.1) is 0 Å². The molecule has 96 valence electrons. The van der Waals surface area contributed by atoms with E-state index in [1.807, 2.05) is 43.3 Å². The lowest BCUT2D eigenvalue weighted by atomic mass is 10.0. The maximum atomic E-state index is 9.00. The molecule has 18 heavy (non-hydrogen) atoms. The highest BCUT2D eigenvalue weighted by Gasteiger charge is 2.10. The Morgan fingerprint density at radius 2 is 2.11 bits per heavy atom. The molecular weight excluding hydrogens is 228 g/mol. The first-order chi connectivity index (χ1) is 8.63. The summed E-state index contributed by atoms with van der Waals surface area (Å²) >= 11 is 0. The van der Waals surface area contributed by atoms with Gasteiger partial charge in [-0.2, -0.15) is 0 Å². The van der Waals surface area contributed by atoms with Gasteiger partial charge in [-0.25, -0.2) is 0 Å². The minimum absolute atomic E-state index is 0.0992. The number of benzene rings is 1. The molecule has 0 aliphatic carbocycles. The van der Waals surface area contributed by atoms with Crippen molar-refractivity contribution in [3.8, 4) is 11.1 Å². The highest BCUT2D eigenvalue weighted by Crippen LogP contribution is 2.32. The number of hydrogen-bond acceptors (Lipinski definition) is 4.